The van der Waals surface area contributed by atoms with Crippen LogP contribution in [0.2, 0.25) is 0 Å². The van der Waals surface area contributed by atoms with Crippen molar-refractivity contribution in [1.29, 1.82) is 0 Å². The van der Waals surface area contributed by atoms with Crippen LogP contribution in [0.15, 0.2) is 48.5 Å². The summed E-state index contributed by atoms with van der Waals surface area (Å²) in [4.78, 5) is 12.7. The van der Waals surface area contributed by atoms with Crippen LogP contribution >= 0.6 is 0 Å². The van der Waals surface area contributed by atoms with Crippen molar-refractivity contribution in [2.24, 2.45) is 5.92 Å². The molecule has 0 saturated heterocycles. The minimum atomic E-state index is -4.65. The number of alkyl halides is 3. The first-order valence-electron chi connectivity index (χ1n) is 8.99. The second-order valence-corrected chi connectivity index (χ2v) is 7.54. The standard InChI is InChI=1S/C21H20F3NO2/c1-20(27,15-8-4-5-9-16(15)21(22,23)24)19(26)25-18-14-11-10-12-6-2-3-7-13(12)17(14)18/h2-9,14,17-18,27H,10-11H2,1H3,(H,25,26). The topological polar surface area (TPSA) is 49.3 Å². The van der Waals surface area contributed by atoms with Gasteiger partial charge in [-0.1, -0.05) is 42.5 Å². The number of hydrogen-bond acceptors (Lipinski definition) is 2. The van der Waals surface area contributed by atoms with Crippen LogP contribution < -0.4 is 5.32 Å². The summed E-state index contributed by atoms with van der Waals surface area (Å²) in [7, 11) is 0. The lowest BCUT2D eigenvalue weighted by atomic mass is 9.90. The number of aryl methyl sites for hydroxylation is 1. The molecule has 1 fully saturated rings. The van der Waals surface area contributed by atoms with Crippen molar-refractivity contribution in [1.82, 2.24) is 5.32 Å². The van der Waals surface area contributed by atoms with Crippen molar-refractivity contribution in [3.8, 4) is 0 Å². The Balaban J connectivity index is 1.56. The average Bonchev–Trinajstić information content (AvgIpc) is 3.34. The van der Waals surface area contributed by atoms with Crippen LogP contribution in [0.25, 0.3) is 0 Å². The number of aliphatic hydroxyl groups is 1. The summed E-state index contributed by atoms with van der Waals surface area (Å²) >= 11 is 0. The van der Waals surface area contributed by atoms with E-state index in [9.17, 15) is 23.1 Å². The molecule has 0 spiro atoms. The summed E-state index contributed by atoms with van der Waals surface area (Å²) in [5.74, 6) is -0.346. The van der Waals surface area contributed by atoms with E-state index < -0.39 is 28.8 Å². The van der Waals surface area contributed by atoms with Gasteiger partial charge in [-0.15, -0.1) is 0 Å². The molecule has 0 bridgehead atoms. The molecule has 4 atom stereocenters. The third kappa shape index (κ3) is 3.02. The van der Waals surface area contributed by atoms with E-state index in [0.717, 1.165) is 31.9 Å². The van der Waals surface area contributed by atoms with E-state index in [0.29, 0.717) is 0 Å². The summed E-state index contributed by atoms with van der Waals surface area (Å²) in [6, 6.07) is 12.6. The predicted octanol–water partition coefficient (Wildman–Crippen LogP) is 3.76. The zero-order valence-corrected chi connectivity index (χ0v) is 14.8. The fraction of sp³-hybridized carbons (Fsp3) is 0.381. The van der Waals surface area contributed by atoms with Gasteiger partial charge in [-0.2, -0.15) is 13.2 Å². The van der Waals surface area contributed by atoms with Gasteiger partial charge in [-0.3, -0.25) is 4.79 Å². The van der Waals surface area contributed by atoms with Crippen LogP contribution in [-0.2, 0) is 23.0 Å². The first-order chi connectivity index (χ1) is 12.7. The molecule has 1 amide bonds. The summed E-state index contributed by atoms with van der Waals surface area (Å²) < 4.78 is 39.8. The van der Waals surface area contributed by atoms with Crippen molar-refractivity contribution in [2.75, 3.05) is 0 Å². The van der Waals surface area contributed by atoms with Crippen molar-refractivity contribution < 1.29 is 23.1 Å². The lowest BCUT2D eigenvalue weighted by Crippen LogP contribution is -2.44. The fourth-order valence-electron chi connectivity index (χ4n) is 4.33. The highest BCUT2D eigenvalue weighted by Gasteiger charge is 2.55. The molecule has 142 valence electrons. The smallest absolute Gasteiger partial charge is 0.376 e. The van der Waals surface area contributed by atoms with Crippen LogP contribution in [0.3, 0.4) is 0 Å². The highest BCUT2D eigenvalue weighted by atomic mass is 19.4. The van der Waals surface area contributed by atoms with Gasteiger partial charge in [0.1, 0.15) is 0 Å². The molecule has 2 aliphatic rings. The molecular weight excluding hydrogens is 355 g/mol. The molecule has 1 saturated carbocycles. The van der Waals surface area contributed by atoms with E-state index in [1.807, 2.05) is 18.2 Å². The Morgan fingerprint density at radius 2 is 1.70 bits per heavy atom. The van der Waals surface area contributed by atoms with Crippen molar-refractivity contribution >= 4 is 5.91 Å². The Morgan fingerprint density at radius 3 is 2.41 bits per heavy atom. The molecule has 2 aliphatic carbocycles. The molecule has 4 unspecified atom stereocenters. The SMILES string of the molecule is CC(O)(C(=O)NC1C2CCc3ccccc3C21)c1ccccc1C(F)(F)F. The van der Waals surface area contributed by atoms with Gasteiger partial charge in [0.25, 0.3) is 5.91 Å². The Kier molecular flexibility index (Phi) is 4.07. The number of carbonyl (C=O) groups excluding carboxylic acids is 1. The molecule has 0 radical (unpaired) electrons. The molecule has 2 N–H and O–H groups in total. The first kappa shape index (κ1) is 18.0. The van der Waals surface area contributed by atoms with Crippen LogP contribution in [-0.4, -0.2) is 17.1 Å². The Labute approximate surface area is 155 Å². The summed E-state index contributed by atoms with van der Waals surface area (Å²) in [6.45, 7) is 1.12. The van der Waals surface area contributed by atoms with Crippen molar-refractivity contribution in [3.63, 3.8) is 0 Å². The zero-order chi connectivity index (χ0) is 19.4. The number of carbonyl (C=O) groups is 1. The van der Waals surface area contributed by atoms with Gasteiger partial charge in [0, 0.05) is 17.5 Å². The monoisotopic (exact) mass is 375 g/mol. The lowest BCUT2D eigenvalue weighted by Gasteiger charge is -2.26. The maximum atomic E-state index is 13.3. The molecule has 0 heterocycles. The number of rotatable bonds is 3. The normalized spacial score (nSPS) is 25.7. The number of nitrogens with one attached hydrogen (secondary N) is 1. The van der Waals surface area contributed by atoms with Crippen LogP contribution in [0.1, 0.15) is 41.5 Å². The zero-order valence-electron chi connectivity index (χ0n) is 14.8. The van der Waals surface area contributed by atoms with E-state index >= 15 is 0 Å². The van der Waals surface area contributed by atoms with Gasteiger partial charge in [0.05, 0.1) is 5.56 Å². The fourth-order valence-corrected chi connectivity index (χ4v) is 4.33. The molecule has 2 aromatic rings. The first-order valence-corrected chi connectivity index (χ1v) is 8.99. The largest absolute Gasteiger partial charge is 0.416 e. The third-order valence-electron chi connectivity index (χ3n) is 5.83. The van der Waals surface area contributed by atoms with Crippen LogP contribution in [0, 0.1) is 5.92 Å². The summed E-state index contributed by atoms with van der Waals surface area (Å²) in [5.41, 5.74) is -1.25. The molecule has 4 rings (SSSR count). The van der Waals surface area contributed by atoms with E-state index in [1.54, 1.807) is 0 Å². The summed E-state index contributed by atoms with van der Waals surface area (Å²) in [6.07, 6.45) is -2.79. The molecule has 27 heavy (non-hydrogen) atoms. The van der Waals surface area contributed by atoms with Gasteiger partial charge in [-0.25, -0.2) is 0 Å². The number of amides is 1. The predicted molar refractivity (Wildman–Crippen MR) is 93.9 cm³/mol. The number of hydrogen-bond donors (Lipinski definition) is 2. The molecule has 2 aromatic carbocycles. The summed E-state index contributed by atoms with van der Waals surface area (Å²) in [5, 5.41) is 13.5. The quantitative estimate of drug-likeness (QED) is 0.858. The van der Waals surface area contributed by atoms with Gasteiger partial charge < -0.3 is 10.4 Å². The minimum absolute atomic E-state index is 0.148. The Hall–Kier alpha value is -2.34. The average molecular weight is 375 g/mol. The maximum Gasteiger partial charge on any atom is 0.416 e. The van der Waals surface area contributed by atoms with Gasteiger partial charge >= 0.3 is 6.18 Å². The Bertz CT molecular complexity index is 891. The second kappa shape index (κ2) is 6.09. The second-order valence-electron chi connectivity index (χ2n) is 7.54. The van der Waals surface area contributed by atoms with E-state index in [2.05, 4.69) is 11.4 Å². The molecular formula is C21H20F3NO2. The Morgan fingerprint density at radius 1 is 1.07 bits per heavy atom. The highest BCUT2D eigenvalue weighted by Crippen LogP contribution is 2.54. The maximum absolute atomic E-state index is 13.3. The van der Waals surface area contributed by atoms with Gasteiger partial charge in [0.2, 0.25) is 0 Å². The molecule has 3 nitrogen and oxygen atoms in total. The van der Waals surface area contributed by atoms with E-state index in [4.69, 9.17) is 0 Å². The molecule has 6 heteroatoms. The lowest BCUT2D eigenvalue weighted by molar-refractivity contribution is -0.146. The van der Waals surface area contributed by atoms with Crippen LogP contribution in [0.5, 0.6) is 0 Å². The van der Waals surface area contributed by atoms with Crippen LogP contribution in [0.4, 0.5) is 13.2 Å². The molecule has 0 aromatic heterocycles. The number of halogens is 3. The highest BCUT2D eigenvalue weighted by molar-refractivity contribution is 5.87. The number of benzene rings is 2. The van der Waals surface area contributed by atoms with Crippen molar-refractivity contribution in [2.45, 2.75) is 43.5 Å². The number of fused-ring (bicyclic) bond motifs is 3. The van der Waals surface area contributed by atoms with Gasteiger partial charge in [0.15, 0.2) is 5.60 Å². The van der Waals surface area contributed by atoms with Gasteiger partial charge in [-0.05, 0) is 42.9 Å². The molecule has 0 aliphatic heterocycles. The third-order valence-corrected chi connectivity index (χ3v) is 5.83. The minimum Gasteiger partial charge on any atom is -0.376 e. The van der Waals surface area contributed by atoms with E-state index in [1.165, 1.54) is 23.3 Å². The van der Waals surface area contributed by atoms with Crippen molar-refractivity contribution in [3.05, 3.63) is 70.8 Å². The van der Waals surface area contributed by atoms with E-state index in [-0.39, 0.29) is 17.9 Å².